The maximum Gasteiger partial charge on any atom is 0.119 e. The lowest BCUT2D eigenvalue weighted by Crippen LogP contribution is -2.24. The Bertz CT molecular complexity index is 411. The first-order chi connectivity index (χ1) is 8.72. The third-order valence-electron chi connectivity index (χ3n) is 3.27. The molecule has 0 aliphatic rings. The predicted octanol–water partition coefficient (Wildman–Crippen LogP) is 3.03. The zero-order valence-electron chi connectivity index (χ0n) is 11.1. The molecule has 3 nitrogen and oxygen atoms in total. The molecule has 1 rings (SSSR count). The van der Waals surface area contributed by atoms with Gasteiger partial charge >= 0.3 is 0 Å². The molecule has 0 bridgehead atoms. The van der Waals surface area contributed by atoms with E-state index < -0.39 is 5.41 Å². The number of aliphatic hydroxyl groups excluding tert-OH is 1. The van der Waals surface area contributed by atoms with Crippen molar-refractivity contribution in [2.45, 2.75) is 38.0 Å². The second kappa shape index (κ2) is 7.03. The fourth-order valence-electron chi connectivity index (χ4n) is 2.32. The molecular weight excluding hydrogens is 226 g/mol. The molecule has 0 aromatic heterocycles. The third kappa shape index (κ3) is 3.24. The number of hydrogen-bond donors (Lipinski definition) is 1. The molecule has 0 fully saturated rings. The number of methoxy groups -OCH3 is 1. The minimum atomic E-state index is -0.508. The summed E-state index contributed by atoms with van der Waals surface area (Å²) in [5.74, 6) is 0.771. The van der Waals surface area contributed by atoms with E-state index >= 15 is 0 Å². The van der Waals surface area contributed by atoms with E-state index in [2.05, 4.69) is 13.0 Å². The van der Waals surface area contributed by atoms with E-state index in [1.807, 2.05) is 24.3 Å². The van der Waals surface area contributed by atoms with Crippen LogP contribution in [0.3, 0.4) is 0 Å². The highest BCUT2D eigenvalue weighted by atomic mass is 16.5. The summed E-state index contributed by atoms with van der Waals surface area (Å²) in [5, 5.41) is 18.6. The first-order valence-electron chi connectivity index (χ1n) is 6.39. The van der Waals surface area contributed by atoms with Crippen LogP contribution in [0.1, 0.15) is 38.2 Å². The molecule has 0 radical (unpaired) electrons. The molecule has 0 amide bonds. The van der Waals surface area contributed by atoms with Crippen molar-refractivity contribution < 1.29 is 9.84 Å². The standard InChI is InChI=1S/C15H21NO2/c1-3-8-15(12-16,9-5-10-17)13-6-4-7-14(11-13)18-2/h4,6-7,11,17H,3,5,8-10H2,1-2H3. The van der Waals surface area contributed by atoms with E-state index in [0.717, 1.165) is 24.2 Å². The van der Waals surface area contributed by atoms with Gasteiger partial charge in [0.2, 0.25) is 0 Å². The Hall–Kier alpha value is -1.53. The highest BCUT2D eigenvalue weighted by molar-refractivity contribution is 5.38. The van der Waals surface area contributed by atoms with Gasteiger partial charge in [-0.1, -0.05) is 25.5 Å². The molecule has 0 spiro atoms. The first-order valence-corrected chi connectivity index (χ1v) is 6.39. The van der Waals surface area contributed by atoms with E-state index in [1.54, 1.807) is 7.11 Å². The van der Waals surface area contributed by atoms with Gasteiger partial charge in [-0.15, -0.1) is 0 Å². The van der Waals surface area contributed by atoms with Crippen molar-refractivity contribution in [1.82, 2.24) is 0 Å². The van der Waals surface area contributed by atoms with Gasteiger partial charge in [0.15, 0.2) is 0 Å². The minimum absolute atomic E-state index is 0.122. The van der Waals surface area contributed by atoms with Crippen LogP contribution in [0, 0.1) is 11.3 Å². The molecule has 1 atom stereocenters. The predicted molar refractivity (Wildman–Crippen MR) is 71.5 cm³/mol. The summed E-state index contributed by atoms with van der Waals surface area (Å²) >= 11 is 0. The maximum atomic E-state index is 9.58. The molecule has 0 aliphatic heterocycles. The van der Waals surface area contributed by atoms with Crippen LogP contribution in [0.4, 0.5) is 0 Å². The maximum absolute atomic E-state index is 9.58. The molecule has 1 N–H and O–H groups in total. The van der Waals surface area contributed by atoms with E-state index in [-0.39, 0.29) is 6.61 Å². The molecule has 98 valence electrons. The average molecular weight is 247 g/mol. The number of nitrogens with zero attached hydrogens (tertiary/aromatic N) is 1. The van der Waals surface area contributed by atoms with Crippen molar-refractivity contribution in [3.8, 4) is 11.8 Å². The molecular formula is C15H21NO2. The van der Waals surface area contributed by atoms with Crippen LogP contribution in [-0.2, 0) is 5.41 Å². The van der Waals surface area contributed by atoms with Crippen molar-refractivity contribution in [3.63, 3.8) is 0 Å². The molecule has 1 aromatic carbocycles. The summed E-state index contributed by atoms with van der Waals surface area (Å²) < 4.78 is 5.22. The number of rotatable bonds is 7. The van der Waals surface area contributed by atoms with Crippen molar-refractivity contribution in [1.29, 1.82) is 5.26 Å². The van der Waals surface area contributed by atoms with E-state index in [1.165, 1.54) is 0 Å². The second-order valence-electron chi connectivity index (χ2n) is 4.50. The molecule has 0 saturated heterocycles. The highest BCUT2D eigenvalue weighted by Gasteiger charge is 2.31. The lowest BCUT2D eigenvalue weighted by atomic mass is 9.74. The number of nitriles is 1. The van der Waals surface area contributed by atoms with Gasteiger partial charge in [-0.25, -0.2) is 0 Å². The van der Waals surface area contributed by atoms with Gasteiger partial charge in [0.1, 0.15) is 5.75 Å². The van der Waals surface area contributed by atoms with Crippen LogP contribution in [0.15, 0.2) is 24.3 Å². The zero-order valence-corrected chi connectivity index (χ0v) is 11.1. The third-order valence-corrected chi connectivity index (χ3v) is 3.27. The van der Waals surface area contributed by atoms with Gasteiger partial charge in [-0.05, 0) is 37.0 Å². The van der Waals surface area contributed by atoms with Gasteiger partial charge in [-0.3, -0.25) is 0 Å². The monoisotopic (exact) mass is 247 g/mol. The molecule has 3 heteroatoms. The molecule has 18 heavy (non-hydrogen) atoms. The normalized spacial score (nSPS) is 13.7. The van der Waals surface area contributed by atoms with Crippen LogP contribution in [0.2, 0.25) is 0 Å². The van der Waals surface area contributed by atoms with Crippen LogP contribution < -0.4 is 4.74 Å². The number of ether oxygens (including phenoxy) is 1. The van der Waals surface area contributed by atoms with Crippen molar-refractivity contribution in [2.75, 3.05) is 13.7 Å². The number of hydrogen-bond acceptors (Lipinski definition) is 3. The Kier molecular flexibility index (Phi) is 5.67. The van der Waals surface area contributed by atoms with Crippen molar-refractivity contribution in [3.05, 3.63) is 29.8 Å². The van der Waals surface area contributed by atoms with E-state index in [4.69, 9.17) is 9.84 Å². The van der Waals surface area contributed by atoms with E-state index in [0.29, 0.717) is 12.8 Å². The molecule has 1 unspecified atom stereocenters. The largest absolute Gasteiger partial charge is 0.497 e. The fraction of sp³-hybridized carbons (Fsp3) is 0.533. The van der Waals surface area contributed by atoms with Gasteiger partial charge in [-0.2, -0.15) is 5.26 Å². The number of aliphatic hydroxyl groups is 1. The Morgan fingerprint density at radius 1 is 1.39 bits per heavy atom. The summed E-state index contributed by atoms with van der Waals surface area (Å²) in [5.41, 5.74) is 0.478. The number of benzene rings is 1. The highest BCUT2D eigenvalue weighted by Crippen LogP contribution is 2.35. The SMILES string of the molecule is CCCC(C#N)(CCCO)c1cccc(OC)c1. The first kappa shape index (κ1) is 14.5. The summed E-state index contributed by atoms with van der Waals surface area (Å²) in [7, 11) is 1.63. The summed E-state index contributed by atoms with van der Waals surface area (Å²) in [6.45, 7) is 2.20. The molecule has 0 aliphatic carbocycles. The molecule has 1 aromatic rings. The van der Waals surface area contributed by atoms with Gasteiger partial charge < -0.3 is 9.84 Å². The lowest BCUT2D eigenvalue weighted by Gasteiger charge is -2.27. The smallest absolute Gasteiger partial charge is 0.119 e. The van der Waals surface area contributed by atoms with Gasteiger partial charge in [0.25, 0.3) is 0 Å². The summed E-state index contributed by atoms with van der Waals surface area (Å²) in [6, 6.07) is 10.1. The van der Waals surface area contributed by atoms with Crippen LogP contribution in [0.25, 0.3) is 0 Å². The zero-order chi connectivity index (χ0) is 13.4. The van der Waals surface area contributed by atoms with Crippen LogP contribution >= 0.6 is 0 Å². The Morgan fingerprint density at radius 3 is 2.72 bits per heavy atom. The van der Waals surface area contributed by atoms with E-state index in [9.17, 15) is 5.26 Å². The lowest BCUT2D eigenvalue weighted by molar-refractivity contribution is 0.268. The summed E-state index contributed by atoms with van der Waals surface area (Å²) in [6.07, 6.45) is 3.07. The second-order valence-corrected chi connectivity index (χ2v) is 4.50. The van der Waals surface area contributed by atoms with Crippen molar-refractivity contribution >= 4 is 0 Å². The Labute approximate surface area is 109 Å². The summed E-state index contributed by atoms with van der Waals surface area (Å²) in [4.78, 5) is 0. The van der Waals surface area contributed by atoms with Gasteiger partial charge in [0, 0.05) is 6.61 Å². The van der Waals surface area contributed by atoms with Crippen molar-refractivity contribution in [2.24, 2.45) is 0 Å². The van der Waals surface area contributed by atoms with Crippen LogP contribution in [-0.4, -0.2) is 18.8 Å². The molecule has 0 saturated carbocycles. The topological polar surface area (TPSA) is 53.2 Å². The Balaban J connectivity index is 3.10. The van der Waals surface area contributed by atoms with Gasteiger partial charge in [0.05, 0.1) is 18.6 Å². The minimum Gasteiger partial charge on any atom is -0.497 e. The fourth-order valence-corrected chi connectivity index (χ4v) is 2.32. The average Bonchev–Trinajstić information content (AvgIpc) is 2.43. The quantitative estimate of drug-likeness (QED) is 0.805. The molecule has 0 heterocycles. The van der Waals surface area contributed by atoms with Crippen LogP contribution in [0.5, 0.6) is 5.75 Å². The Morgan fingerprint density at radius 2 is 2.17 bits per heavy atom.